The zero-order valence-corrected chi connectivity index (χ0v) is 13.5. The van der Waals surface area contributed by atoms with Crippen LogP contribution in [0.3, 0.4) is 0 Å². The van der Waals surface area contributed by atoms with Gasteiger partial charge in [-0.3, -0.25) is 14.9 Å². The van der Waals surface area contributed by atoms with Gasteiger partial charge in [0.25, 0.3) is 11.8 Å². The van der Waals surface area contributed by atoms with E-state index in [1.165, 1.54) is 0 Å². The molecule has 0 aliphatic rings. The van der Waals surface area contributed by atoms with E-state index in [-0.39, 0.29) is 11.0 Å². The van der Waals surface area contributed by atoms with Gasteiger partial charge in [0.05, 0.1) is 0 Å². The highest BCUT2D eigenvalue weighted by Crippen LogP contribution is 2.13. The van der Waals surface area contributed by atoms with Crippen molar-refractivity contribution >= 4 is 28.5 Å². The number of amides is 1. The van der Waals surface area contributed by atoms with Crippen molar-refractivity contribution in [3.63, 3.8) is 0 Å². The van der Waals surface area contributed by atoms with Crippen LogP contribution in [0.1, 0.15) is 26.3 Å². The first-order valence-corrected chi connectivity index (χ1v) is 7.90. The number of benzene rings is 2. The van der Waals surface area contributed by atoms with Crippen LogP contribution in [0.15, 0.2) is 59.4 Å². The lowest BCUT2D eigenvalue weighted by Crippen LogP contribution is -2.23. The first-order chi connectivity index (χ1) is 11.5. The lowest BCUT2D eigenvalue weighted by Gasteiger charge is -2.01. The smallest absolute Gasteiger partial charge is 0.297 e. The highest BCUT2D eigenvalue weighted by atomic mass is 32.1. The largest absolute Gasteiger partial charge is 0.367 e. The van der Waals surface area contributed by atoms with Gasteiger partial charge < -0.3 is 0 Å². The number of anilines is 1. The SMILES string of the molecule is Cc1ccc(C(=O)Nc2nc(=O)n(C(=O)c3ccccc3)s2)cc1. The summed E-state index contributed by atoms with van der Waals surface area (Å²) < 4.78 is 0.917. The van der Waals surface area contributed by atoms with Crippen LogP contribution >= 0.6 is 11.5 Å². The zero-order chi connectivity index (χ0) is 17.1. The number of aryl methyl sites for hydroxylation is 1. The molecule has 120 valence electrons. The number of aromatic nitrogens is 2. The molecule has 7 heteroatoms. The Morgan fingerprint density at radius 3 is 2.33 bits per heavy atom. The van der Waals surface area contributed by atoms with Crippen LogP contribution < -0.4 is 11.0 Å². The Morgan fingerprint density at radius 1 is 1.00 bits per heavy atom. The van der Waals surface area contributed by atoms with E-state index < -0.39 is 11.6 Å². The molecule has 6 nitrogen and oxygen atoms in total. The molecule has 24 heavy (non-hydrogen) atoms. The van der Waals surface area contributed by atoms with Crippen molar-refractivity contribution in [3.8, 4) is 0 Å². The number of hydrogen-bond donors (Lipinski definition) is 1. The van der Waals surface area contributed by atoms with Crippen LogP contribution in [-0.4, -0.2) is 20.8 Å². The first-order valence-electron chi connectivity index (χ1n) is 7.13. The predicted molar refractivity (Wildman–Crippen MR) is 91.7 cm³/mol. The van der Waals surface area contributed by atoms with Gasteiger partial charge >= 0.3 is 5.69 Å². The van der Waals surface area contributed by atoms with Gasteiger partial charge in [0.1, 0.15) is 0 Å². The molecule has 3 rings (SSSR count). The molecule has 0 atom stereocenters. The average Bonchev–Trinajstić information content (AvgIpc) is 2.95. The van der Waals surface area contributed by atoms with E-state index in [0.29, 0.717) is 11.1 Å². The minimum Gasteiger partial charge on any atom is -0.297 e. The van der Waals surface area contributed by atoms with Crippen molar-refractivity contribution in [2.75, 3.05) is 5.32 Å². The highest BCUT2D eigenvalue weighted by molar-refractivity contribution is 7.11. The summed E-state index contributed by atoms with van der Waals surface area (Å²) in [5.74, 6) is -0.864. The zero-order valence-electron chi connectivity index (χ0n) is 12.7. The molecule has 0 spiro atoms. The second-order valence-corrected chi connectivity index (χ2v) is 6.01. The van der Waals surface area contributed by atoms with Crippen LogP contribution in [0.4, 0.5) is 5.13 Å². The molecule has 0 unspecified atom stereocenters. The fourth-order valence-corrected chi connectivity index (χ4v) is 2.77. The van der Waals surface area contributed by atoms with Crippen LogP contribution in [0, 0.1) is 6.92 Å². The summed E-state index contributed by atoms with van der Waals surface area (Å²) in [5.41, 5.74) is 1.14. The van der Waals surface area contributed by atoms with Gasteiger partial charge in [0.15, 0.2) is 0 Å². The fraction of sp³-hybridized carbons (Fsp3) is 0.0588. The molecule has 0 radical (unpaired) electrons. The third-order valence-corrected chi connectivity index (χ3v) is 4.16. The predicted octanol–water partition coefficient (Wildman–Crippen LogP) is 2.55. The number of carbonyl (C=O) groups excluding carboxylic acids is 2. The maximum atomic E-state index is 12.3. The molecule has 1 heterocycles. The molecular weight excluding hydrogens is 326 g/mol. The normalized spacial score (nSPS) is 10.4. The molecule has 1 N–H and O–H groups in total. The Balaban J connectivity index is 1.81. The summed E-state index contributed by atoms with van der Waals surface area (Å²) in [6.07, 6.45) is 0. The molecule has 1 amide bonds. The minimum absolute atomic E-state index is 0.0786. The monoisotopic (exact) mass is 339 g/mol. The van der Waals surface area contributed by atoms with Gasteiger partial charge in [-0.15, -0.1) is 0 Å². The molecule has 1 aromatic heterocycles. The van der Waals surface area contributed by atoms with Gasteiger partial charge in [-0.05, 0) is 42.7 Å². The quantitative estimate of drug-likeness (QED) is 0.795. The Labute approximate surface area is 141 Å². The number of nitrogens with one attached hydrogen (secondary N) is 1. The molecular formula is C17H13N3O3S. The van der Waals surface area contributed by atoms with Crippen LogP contribution in [-0.2, 0) is 0 Å². The second-order valence-electron chi connectivity index (χ2n) is 5.08. The lowest BCUT2D eigenvalue weighted by atomic mass is 10.1. The number of rotatable bonds is 3. The van der Waals surface area contributed by atoms with E-state index in [1.54, 1.807) is 42.5 Å². The van der Waals surface area contributed by atoms with Crippen molar-refractivity contribution in [2.24, 2.45) is 0 Å². The van der Waals surface area contributed by atoms with Gasteiger partial charge in [-0.1, -0.05) is 35.9 Å². The minimum atomic E-state index is -0.715. The van der Waals surface area contributed by atoms with Gasteiger partial charge in [0.2, 0.25) is 5.13 Å². The van der Waals surface area contributed by atoms with Crippen molar-refractivity contribution < 1.29 is 9.59 Å². The van der Waals surface area contributed by atoms with Crippen LogP contribution in [0.25, 0.3) is 0 Å². The Kier molecular flexibility index (Phi) is 4.35. The maximum Gasteiger partial charge on any atom is 0.367 e. The Hall–Kier alpha value is -3.06. The van der Waals surface area contributed by atoms with Gasteiger partial charge in [0, 0.05) is 11.1 Å². The summed E-state index contributed by atoms with van der Waals surface area (Å²) >= 11 is 0.800. The molecule has 3 aromatic rings. The van der Waals surface area contributed by atoms with E-state index in [4.69, 9.17) is 0 Å². The fourth-order valence-electron chi connectivity index (χ4n) is 2.03. The average molecular weight is 339 g/mol. The summed E-state index contributed by atoms with van der Waals surface area (Å²) in [6, 6.07) is 15.4. The van der Waals surface area contributed by atoms with Crippen LogP contribution in [0.2, 0.25) is 0 Å². The van der Waals surface area contributed by atoms with Gasteiger partial charge in [-0.2, -0.15) is 8.94 Å². The van der Waals surface area contributed by atoms with Crippen molar-refractivity contribution in [2.45, 2.75) is 6.92 Å². The Bertz CT molecular complexity index is 943. The molecule has 0 fully saturated rings. The maximum absolute atomic E-state index is 12.3. The molecule has 2 aromatic carbocycles. The second kappa shape index (κ2) is 6.59. The van der Waals surface area contributed by atoms with E-state index in [9.17, 15) is 14.4 Å². The Morgan fingerprint density at radius 2 is 1.67 bits per heavy atom. The highest BCUT2D eigenvalue weighted by Gasteiger charge is 2.16. The summed E-state index contributed by atoms with van der Waals surface area (Å²) in [5, 5.41) is 2.62. The standard InChI is InChI=1S/C17H13N3O3S/c1-11-7-9-12(10-8-11)14(21)18-16-19-17(23)20(24-16)15(22)13-5-3-2-4-6-13/h2-10H,1H3,(H,18,19,21,23). The lowest BCUT2D eigenvalue weighted by molar-refractivity contribution is 0.0966. The third-order valence-electron chi connectivity index (χ3n) is 3.29. The molecule has 0 aliphatic heterocycles. The molecule has 0 aliphatic carbocycles. The van der Waals surface area contributed by atoms with Crippen molar-refractivity contribution in [1.82, 2.24) is 8.94 Å². The van der Waals surface area contributed by atoms with E-state index in [1.807, 2.05) is 19.1 Å². The van der Waals surface area contributed by atoms with E-state index in [0.717, 1.165) is 21.1 Å². The molecule has 0 saturated carbocycles. The van der Waals surface area contributed by atoms with Crippen LogP contribution in [0.5, 0.6) is 0 Å². The van der Waals surface area contributed by atoms with E-state index in [2.05, 4.69) is 10.3 Å². The van der Waals surface area contributed by atoms with Crippen molar-refractivity contribution in [1.29, 1.82) is 0 Å². The van der Waals surface area contributed by atoms with E-state index >= 15 is 0 Å². The third kappa shape index (κ3) is 3.31. The summed E-state index contributed by atoms with van der Waals surface area (Å²) in [4.78, 5) is 40.1. The molecule has 0 bridgehead atoms. The topological polar surface area (TPSA) is 81.1 Å². The molecule has 0 saturated heterocycles. The number of hydrogen-bond acceptors (Lipinski definition) is 5. The number of carbonyl (C=O) groups is 2. The summed E-state index contributed by atoms with van der Waals surface area (Å²) in [7, 11) is 0. The van der Waals surface area contributed by atoms with Gasteiger partial charge in [-0.25, -0.2) is 4.79 Å². The first kappa shape index (κ1) is 15.8. The van der Waals surface area contributed by atoms with Crippen molar-refractivity contribution in [3.05, 3.63) is 81.8 Å². The number of nitrogens with zero attached hydrogens (tertiary/aromatic N) is 2. The summed E-state index contributed by atoms with van der Waals surface area (Å²) in [6.45, 7) is 1.92.